The first-order chi connectivity index (χ1) is 7.63. The summed E-state index contributed by atoms with van der Waals surface area (Å²) < 4.78 is 5.93. The molecule has 0 aromatic heterocycles. The summed E-state index contributed by atoms with van der Waals surface area (Å²) in [5, 5.41) is -0.418. The van der Waals surface area contributed by atoms with E-state index in [0.717, 1.165) is 45.4 Å². The summed E-state index contributed by atoms with van der Waals surface area (Å²) in [5.74, 6) is 0.0508. The molecule has 0 N–H and O–H groups in total. The van der Waals surface area contributed by atoms with Crippen molar-refractivity contribution in [2.24, 2.45) is 0 Å². The molecule has 2 fully saturated rings. The Labute approximate surface area is 102 Å². The van der Waals surface area contributed by atoms with Gasteiger partial charge in [-0.15, -0.1) is 11.6 Å². The van der Waals surface area contributed by atoms with Gasteiger partial charge in [-0.1, -0.05) is 0 Å². The first-order valence-electron chi connectivity index (χ1n) is 6.20. The summed E-state index contributed by atoms with van der Waals surface area (Å²) in [7, 11) is 0. The summed E-state index contributed by atoms with van der Waals surface area (Å²) in [4.78, 5) is 13.7. The molecule has 2 aliphatic rings. The van der Waals surface area contributed by atoms with E-state index in [2.05, 4.69) is 0 Å². The van der Waals surface area contributed by atoms with E-state index < -0.39 is 5.38 Å². The van der Waals surface area contributed by atoms with Crippen LogP contribution in [0, 0.1) is 0 Å². The summed E-state index contributed by atoms with van der Waals surface area (Å²) in [5.41, 5.74) is -0.0576. The number of likely N-dealkylation sites (tertiary alicyclic amines) is 1. The number of hydrogen-bond acceptors (Lipinski definition) is 2. The quantitative estimate of drug-likeness (QED) is 0.663. The molecule has 1 amide bonds. The standard InChI is InChI=1S/C12H20ClNO2/c1-10(13)11(15)14-7-4-6-12(9-14)5-2-3-8-16-12/h10H,2-9H2,1H3/t10-,12+/m0/s1. The van der Waals surface area contributed by atoms with Crippen LogP contribution in [0.25, 0.3) is 0 Å². The van der Waals surface area contributed by atoms with Gasteiger partial charge in [0, 0.05) is 19.7 Å². The Hall–Kier alpha value is -0.280. The Balaban J connectivity index is 2.00. The van der Waals surface area contributed by atoms with Crippen molar-refractivity contribution in [1.82, 2.24) is 4.90 Å². The number of rotatable bonds is 1. The minimum Gasteiger partial charge on any atom is -0.373 e. The second-order valence-corrected chi connectivity index (χ2v) is 5.62. The maximum atomic E-state index is 11.9. The van der Waals surface area contributed by atoms with Gasteiger partial charge in [-0.25, -0.2) is 0 Å². The SMILES string of the molecule is C[C@H](Cl)C(=O)N1CCC[C@]2(CCCCO2)C1. The van der Waals surface area contributed by atoms with Gasteiger partial charge in [0.25, 0.3) is 0 Å². The highest BCUT2D eigenvalue weighted by Crippen LogP contribution is 2.33. The molecule has 1 spiro atoms. The molecular formula is C12H20ClNO2. The number of hydrogen-bond donors (Lipinski definition) is 0. The van der Waals surface area contributed by atoms with Crippen LogP contribution >= 0.6 is 11.6 Å². The molecule has 0 aliphatic carbocycles. The number of ether oxygens (including phenoxy) is 1. The Kier molecular flexibility index (Phi) is 3.75. The molecule has 0 aromatic carbocycles. The Bertz CT molecular complexity index is 256. The molecule has 0 unspecified atom stereocenters. The zero-order valence-electron chi connectivity index (χ0n) is 9.88. The molecule has 16 heavy (non-hydrogen) atoms. The number of carbonyl (C=O) groups excluding carboxylic acids is 1. The lowest BCUT2D eigenvalue weighted by Crippen LogP contribution is -2.54. The van der Waals surface area contributed by atoms with Gasteiger partial charge in [0.2, 0.25) is 5.91 Å². The fourth-order valence-corrected chi connectivity index (χ4v) is 2.91. The number of alkyl halides is 1. The van der Waals surface area contributed by atoms with Gasteiger partial charge >= 0.3 is 0 Å². The highest BCUT2D eigenvalue weighted by atomic mass is 35.5. The number of carbonyl (C=O) groups is 1. The Morgan fingerprint density at radius 2 is 2.12 bits per heavy atom. The van der Waals surface area contributed by atoms with Crippen LogP contribution in [-0.2, 0) is 9.53 Å². The number of amides is 1. The van der Waals surface area contributed by atoms with Crippen LogP contribution in [0.4, 0.5) is 0 Å². The summed E-state index contributed by atoms with van der Waals surface area (Å²) in [6.45, 7) is 4.16. The van der Waals surface area contributed by atoms with Crippen LogP contribution in [0.3, 0.4) is 0 Å². The first-order valence-corrected chi connectivity index (χ1v) is 6.63. The molecule has 2 heterocycles. The van der Waals surface area contributed by atoms with Crippen molar-refractivity contribution < 1.29 is 9.53 Å². The minimum absolute atomic E-state index is 0.0508. The molecule has 2 saturated heterocycles. The second-order valence-electron chi connectivity index (χ2n) is 4.97. The fraction of sp³-hybridized carbons (Fsp3) is 0.917. The minimum atomic E-state index is -0.418. The molecule has 2 aliphatic heterocycles. The molecule has 0 bridgehead atoms. The predicted molar refractivity (Wildman–Crippen MR) is 63.7 cm³/mol. The summed E-state index contributed by atoms with van der Waals surface area (Å²) in [6, 6.07) is 0. The van der Waals surface area contributed by atoms with E-state index in [1.165, 1.54) is 6.42 Å². The largest absolute Gasteiger partial charge is 0.373 e. The Morgan fingerprint density at radius 3 is 2.75 bits per heavy atom. The van der Waals surface area contributed by atoms with E-state index in [9.17, 15) is 4.79 Å². The zero-order chi connectivity index (χ0) is 11.6. The van der Waals surface area contributed by atoms with E-state index in [1.807, 2.05) is 4.90 Å². The molecule has 2 atom stereocenters. The average molecular weight is 246 g/mol. The summed E-state index contributed by atoms with van der Waals surface area (Å²) >= 11 is 5.86. The predicted octanol–water partition coefficient (Wildman–Crippen LogP) is 2.18. The van der Waals surface area contributed by atoms with Gasteiger partial charge in [-0.05, 0) is 39.0 Å². The van der Waals surface area contributed by atoms with Gasteiger partial charge in [-0.2, -0.15) is 0 Å². The van der Waals surface area contributed by atoms with Crippen LogP contribution < -0.4 is 0 Å². The molecule has 0 radical (unpaired) electrons. The van der Waals surface area contributed by atoms with Crippen LogP contribution in [0.5, 0.6) is 0 Å². The highest BCUT2D eigenvalue weighted by molar-refractivity contribution is 6.30. The second kappa shape index (κ2) is 4.92. The van der Waals surface area contributed by atoms with Crippen molar-refractivity contribution in [1.29, 1.82) is 0 Å². The fourth-order valence-electron chi connectivity index (χ4n) is 2.77. The van der Waals surface area contributed by atoms with E-state index in [4.69, 9.17) is 16.3 Å². The third-order valence-electron chi connectivity index (χ3n) is 3.63. The normalized spacial score (nSPS) is 32.8. The van der Waals surface area contributed by atoms with Crippen molar-refractivity contribution in [2.75, 3.05) is 19.7 Å². The lowest BCUT2D eigenvalue weighted by molar-refractivity contribution is -0.148. The Morgan fingerprint density at radius 1 is 1.38 bits per heavy atom. The lowest BCUT2D eigenvalue weighted by Gasteiger charge is -2.45. The van der Waals surface area contributed by atoms with Crippen LogP contribution in [0.2, 0.25) is 0 Å². The van der Waals surface area contributed by atoms with Gasteiger partial charge in [0.05, 0.1) is 5.60 Å². The average Bonchev–Trinajstić information content (AvgIpc) is 2.29. The van der Waals surface area contributed by atoms with Crippen LogP contribution in [-0.4, -0.2) is 41.5 Å². The zero-order valence-corrected chi connectivity index (χ0v) is 10.6. The van der Waals surface area contributed by atoms with Crippen LogP contribution in [0.1, 0.15) is 39.0 Å². The van der Waals surface area contributed by atoms with Crippen molar-refractivity contribution in [3.8, 4) is 0 Å². The third-order valence-corrected chi connectivity index (χ3v) is 3.81. The topological polar surface area (TPSA) is 29.5 Å². The molecule has 4 heteroatoms. The van der Waals surface area contributed by atoms with E-state index in [1.54, 1.807) is 6.92 Å². The molecule has 0 aromatic rings. The maximum Gasteiger partial charge on any atom is 0.240 e. The van der Waals surface area contributed by atoms with Crippen molar-refractivity contribution in [2.45, 2.75) is 50.0 Å². The third kappa shape index (κ3) is 2.51. The van der Waals surface area contributed by atoms with Gasteiger partial charge in [-0.3, -0.25) is 4.79 Å². The van der Waals surface area contributed by atoms with Crippen molar-refractivity contribution in [3.05, 3.63) is 0 Å². The van der Waals surface area contributed by atoms with Gasteiger partial charge in [0.1, 0.15) is 5.38 Å². The maximum absolute atomic E-state index is 11.9. The lowest BCUT2D eigenvalue weighted by atomic mass is 9.85. The smallest absolute Gasteiger partial charge is 0.240 e. The van der Waals surface area contributed by atoms with E-state index >= 15 is 0 Å². The van der Waals surface area contributed by atoms with E-state index in [-0.39, 0.29) is 11.5 Å². The number of piperidine rings is 1. The van der Waals surface area contributed by atoms with Crippen molar-refractivity contribution in [3.63, 3.8) is 0 Å². The molecule has 92 valence electrons. The van der Waals surface area contributed by atoms with Gasteiger partial charge in [0.15, 0.2) is 0 Å². The monoisotopic (exact) mass is 245 g/mol. The van der Waals surface area contributed by atoms with Crippen molar-refractivity contribution >= 4 is 17.5 Å². The highest BCUT2D eigenvalue weighted by Gasteiger charge is 2.39. The number of halogens is 1. The number of nitrogens with zero attached hydrogens (tertiary/aromatic N) is 1. The van der Waals surface area contributed by atoms with E-state index in [0.29, 0.717) is 0 Å². The molecule has 0 saturated carbocycles. The molecule has 3 nitrogen and oxygen atoms in total. The summed E-state index contributed by atoms with van der Waals surface area (Å²) in [6.07, 6.45) is 5.59. The molecular weight excluding hydrogens is 226 g/mol. The first kappa shape index (κ1) is 12.2. The van der Waals surface area contributed by atoms with Crippen LogP contribution in [0.15, 0.2) is 0 Å². The van der Waals surface area contributed by atoms with Gasteiger partial charge < -0.3 is 9.64 Å². The molecule has 2 rings (SSSR count).